The molecule has 0 aliphatic carbocycles. The highest BCUT2D eigenvalue weighted by Crippen LogP contribution is 2.31. The van der Waals surface area contributed by atoms with Gasteiger partial charge in [0, 0.05) is 38.8 Å². The molecule has 0 bridgehead atoms. The molecule has 1 N–H and O–H groups in total. The van der Waals surface area contributed by atoms with Crippen LogP contribution in [0.3, 0.4) is 0 Å². The first-order valence-corrected chi connectivity index (χ1v) is 10.0. The predicted octanol–water partition coefficient (Wildman–Crippen LogP) is 3.51. The molecule has 5 rings (SSSR count). The van der Waals surface area contributed by atoms with Gasteiger partial charge in [-0.3, -0.25) is 4.90 Å². The van der Waals surface area contributed by atoms with Crippen molar-refractivity contribution in [3.05, 3.63) is 48.2 Å². The van der Waals surface area contributed by atoms with E-state index in [2.05, 4.69) is 25.3 Å². The minimum atomic E-state index is -0.323. The molecule has 0 amide bonds. The Labute approximate surface area is 167 Å². The molecular weight excluding hydrogens is 376 g/mol. The molecule has 3 aromatic rings. The zero-order valence-electron chi connectivity index (χ0n) is 16.0. The summed E-state index contributed by atoms with van der Waals surface area (Å²) in [6.45, 7) is 4.52. The minimum absolute atomic E-state index is 0.274. The maximum Gasteiger partial charge on any atom is 0.180 e. The van der Waals surface area contributed by atoms with Gasteiger partial charge in [-0.15, -0.1) is 0 Å². The molecule has 4 heterocycles. The predicted molar refractivity (Wildman–Crippen MR) is 107 cm³/mol. The molecule has 0 unspecified atom stereocenters. The molecule has 6 nitrogen and oxygen atoms in total. The number of rotatable bonds is 4. The van der Waals surface area contributed by atoms with Crippen LogP contribution in [0.1, 0.15) is 12.8 Å². The van der Waals surface area contributed by atoms with Crippen LogP contribution in [-0.4, -0.2) is 53.8 Å². The number of nitrogens with one attached hydrogen (secondary N) is 1. The van der Waals surface area contributed by atoms with E-state index < -0.39 is 0 Å². The Bertz CT molecular complexity index is 992. The molecular formula is C21H23F2N5O. The van der Waals surface area contributed by atoms with Gasteiger partial charge in [0.15, 0.2) is 11.4 Å². The van der Waals surface area contributed by atoms with Crippen LogP contribution in [0.4, 0.5) is 20.4 Å². The Balaban J connectivity index is 1.20. The van der Waals surface area contributed by atoms with E-state index in [0.717, 1.165) is 56.8 Å². The van der Waals surface area contributed by atoms with Crippen LogP contribution >= 0.6 is 0 Å². The third kappa shape index (κ3) is 3.76. The smallest absolute Gasteiger partial charge is 0.180 e. The zero-order chi connectivity index (χ0) is 19.8. The van der Waals surface area contributed by atoms with Crippen LogP contribution in [0.15, 0.2) is 41.1 Å². The highest BCUT2D eigenvalue weighted by molar-refractivity contribution is 5.88. The maximum absolute atomic E-state index is 13.7. The Morgan fingerprint density at radius 2 is 1.97 bits per heavy atom. The number of piperazine rings is 1. The second kappa shape index (κ2) is 7.59. The molecule has 2 atom stereocenters. The van der Waals surface area contributed by atoms with Crippen molar-refractivity contribution in [1.29, 1.82) is 0 Å². The maximum atomic E-state index is 13.7. The number of fused-ring (bicyclic) bond motifs is 2. The lowest BCUT2D eigenvalue weighted by molar-refractivity contribution is 0.0994. The SMILES string of the molecule is Fc1ccc(NC[C@H]2CC[C@H]3CN(c4noc5ccc(F)cc45)CCN3C2)nc1. The Morgan fingerprint density at radius 1 is 1.07 bits per heavy atom. The average molecular weight is 399 g/mol. The molecule has 152 valence electrons. The van der Waals surface area contributed by atoms with Gasteiger partial charge in [-0.2, -0.15) is 0 Å². The quantitative estimate of drug-likeness (QED) is 0.725. The van der Waals surface area contributed by atoms with Crippen LogP contribution in [0, 0.1) is 17.6 Å². The van der Waals surface area contributed by atoms with Crippen LogP contribution < -0.4 is 10.2 Å². The van der Waals surface area contributed by atoms with Crippen LogP contribution in [-0.2, 0) is 0 Å². The van der Waals surface area contributed by atoms with Gasteiger partial charge in [-0.05, 0) is 49.1 Å². The summed E-state index contributed by atoms with van der Waals surface area (Å²) in [4.78, 5) is 8.82. The molecule has 1 aromatic carbocycles. The van der Waals surface area contributed by atoms with E-state index in [1.165, 1.54) is 24.4 Å². The number of benzene rings is 1. The van der Waals surface area contributed by atoms with Gasteiger partial charge < -0.3 is 14.7 Å². The van der Waals surface area contributed by atoms with Crippen molar-refractivity contribution >= 4 is 22.6 Å². The fourth-order valence-corrected chi connectivity index (χ4v) is 4.47. The van der Waals surface area contributed by atoms with Crippen molar-refractivity contribution in [2.24, 2.45) is 5.92 Å². The van der Waals surface area contributed by atoms with Crippen molar-refractivity contribution in [3.8, 4) is 0 Å². The first kappa shape index (κ1) is 18.3. The van der Waals surface area contributed by atoms with Crippen molar-refractivity contribution in [2.45, 2.75) is 18.9 Å². The van der Waals surface area contributed by atoms with E-state index in [1.807, 2.05) is 0 Å². The fourth-order valence-electron chi connectivity index (χ4n) is 4.47. The Hall–Kier alpha value is -2.74. The third-order valence-corrected chi connectivity index (χ3v) is 6.02. The monoisotopic (exact) mass is 399 g/mol. The van der Waals surface area contributed by atoms with Crippen LogP contribution in [0.25, 0.3) is 11.0 Å². The number of hydrogen-bond donors (Lipinski definition) is 1. The van der Waals surface area contributed by atoms with Crippen LogP contribution in [0.2, 0.25) is 0 Å². The van der Waals surface area contributed by atoms with E-state index in [9.17, 15) is 8.78 Å². The first-order valence-electron chi connectivity index (χ1n) is 10.0. The van der Waals surface area contributed by atoms with Crippen molar-refractivity contribution < 1.29 is 13.3 Å². The summed E-state index contributed by atoms with van der Waals surface area (Å²) >= 11 is 0. The summed E-state index contributed by atoms with van der Waals surface area (Å²) < 4.78 is 32.0. The number of halogens is 2. The van der Waals surface area contributed by atoms with Gasteiger partial charge in [0.1, 0.15) is 17.5 Å². The minimum Gasteiger partial charge on any atom is -0.370 e. The van der Waals surface area contributed by atoms with Crippen molar-refractivity contribution in [1.82, 2.24) is 15.0 Å². The third-order valence-electron chi connectivity index (χ3n) is 6.02. The van der Waals surface area contributed by atoms with E-state index in [-0.39, 0.29) is 11.6 Å². The van der Waals surface area contributed by atoms with Gasteiger partial charge in [0.05, 0.1) is 11.6 Å². The summed E-state index contributed by atoms with van der Waals surface area (Å²) in [5, 5.41) is 8.26. The molecule has 2 aliphatic heterocycles. The van der Waals surface area contributed by atoms with Gasteiger partial charge in [-0.25, -0.2) is 13.8 Å². The molecule has 0 spiro atoms. The summed E-state index contributed by atoms with van der Waals surface area (Å²) in [6, 6.07) is 8.08. The first-order chi connectivity index (χ1) is 14.2. The largest absolute Gasteiger partial charge is 0.370 e. The van der Waals surface area contributed by atoms with E-state index in [0.29, 0.717) is 23.4 Å². The molecule has 2 aliphatic rings. The second-order valence-electron chi connectivity index (χ2n) is 7.93. The number of pyridine rings is 1. The van der Waals surface area contributed by atoms with Gasteiger partial charge in [0.2, 0.25) is 0 Å². The lowest BCUT2D eigenvalue weighted by Crippen LogP contribution is -2.57. The standard InChI is InChI=1S/C21H23F2N5O/c22-15-2-5-19-18(9-15)21(26-29-19)28-8-7-27-12-14(1-4-17(27)13-28)10-24-20-6-3-16(23)11-25-20/h2-3,5-6,9,11,14,17H,1,4,7-8,10,12-13H2,(H,24,25)/t14-,17+/m1/s1. The topological polar surface area (TPSA) is 57.4 Å². The summed E-state index contributed by atoms with van der Waals surface area (Å²) in [7, 11) is 0. The number of anilines is 2. The molecule has 8 heteroatoms. The number of aromatic nitrogens is 2. The molecule has 0 saturated carbocycles. The highest BCUT2D eigenvalue weighted by atomic mass is 19.1. The summed E-state index contributed by atoms with van der Waals surface area (Å²) in [5.74, 6) is 1.39. The van der Waals surface area contributed by atoms with E-state index >= 15 is 0 Å². The molecule has 2 saturated heterocycles. The van der Waals surface area contributed by atoms with Gasteiger partial charge in [0.25, 0.3) is 0 Å². The lowest BCUT2D eigenvalue weighted by atomic mass is 9.91. The Kier molecular flexibility index (Phi) is 4.79. The molecule has 29 heavy (non-hydrogen) atoms. The average Bonchev–Trinajstić information content (AvgIpc) is 3.16. The Morgan fingerprint density at radius 3 is 2.83 bits per heavy atom. The lowest BCUT2D eigenvalue weighted by Gasteiger charge is -2.46. The van der Waals surface area contributed by atoms with E-state index in [4.69, 9.17) is 4.52 Å². The van der Waals surface area contributed by atoms with Gasteiger partial charge >= 0.3 is 0 Å². The van der Waals surface area contributed by atoms with E-state index in [1.54, 1.807) is 12.1 Å². The summed E-state index contributed by atoms with van der Waals surface area (Å²) in [6.07, 6.45) is 3.46. The summed E-state index contributed by atoms with van der Waals surface area (Å²) in [5.41, 5.74) is 0.619. The normalized spacial score (nSPS) is 22.6. The second-order valence-corrected chi connectivity index (χ2v) is 7.93. The molecule has 0 radical (unpaired) electrons. The van der Waals surface area contributed by atoms with Crippen molar-refractivity contribution in [2.75, 3.05) is 42.9 Å². The number of hydrogen-bond acceptors (Lipinski definition) is 6. The molecule has 2 aromatic heterocycles. The highest BCUT2D eigenvalue weighted by Gasteiger charge is 2.34. The molecule has 2 fully saturated rings. The number of nitrogens with zero attached hydrogens (tertiary/aromatic N) is 4. The number of piperidine rings is 1. The van der Waals surface area contributed by atoms with Crippen LogP contribution in [0.5, 0.6) is 0 Å². The van der Waals surface area contributed by atoms with Gasteiger partial charge in [-0.1, -0.05) is 5.16 Å². The zero-order valence-corrected chi connectivity index (χ0v) is 16.0. The van der Waals surface area contributed by atoms with Crippen molar-refractivity contribution in [3.63, 3.8) is 0 Å². The fraction of sp³-hybridized carbons (Fsp3) is 0.429.